The Morgan fingerprint density at radius 1 is 1.21 bits per heavy atom. The van der Waals surface area contributed by atoms with E-state index < -0.39 is 17.5 Å². The number of fused-ring (bicyclic) bond motifs is 1. The van der Waals surface area contributed by atoms with E-state index in [0.717, 1.165) is 22.6 Å². The van der Waals surface area contributed by atoms with Gasteiger partial charge in [0.25, 0.3) is 5.91 Å². The first kappa shape index (κ1) is 18.5. The Morgan fingerprint density at radius 2 is 1.96 bits per heavy atom. The van der Waals surface area contributed by atoms with E-state index in [9.17, 15) is 14.4 Å². The summed E-state index contributed by atoms with van der Waals surface area (Å²) in [5, 5.41) is 3.31. The van der Waals surface area contributed by atoms with E-state index in [-0.39, 0.29) is 12.3 Å². The zero-order chi connectivity index (χ0) is 19.9. The predicted molar refractivity (Wildman–Crippen MR) is 104 cm³/mol. The van der Waals surface area contributed by atoms with Crippen LogP contribution in [0.15, 0.2) is 42.5 Å². The van der Waals surface area contributed by atoms with Gasteiger partial charge < -0.3 is 10.1 Å². The molecule has 1 saturated heterocycles. The van der Waals surface area contributed by atoms with Gasteiger partial charge in [-0.05, 0) is 47.9 Å². The number of nitrogens with one attached hydrogen (secondary N) is 1. The molecule has 2 aromatic rings. The summed E-state index contributed by atoms with van der Waals surface area (Å²) in [6, 6.07) is 11.4. The van der Waals surface area contributed by atoms with Crippen LogP contribution in [0.25, 0.3) is 0 Å². The normalized spacial score (nSPS) is 20.7. The highest BCUT2D eigenvalue weighted by atomic mass is 35.5. The maximum atomic E-state index is 13.1. The van der Waals surface area contributed by atoms with Gasteiger partial charge in [-0.2, -0.15) is 0 Å². The largest absolute Gasteiger partial charge is 0.493 e. The minimum Gasteiger partial charge on any atom is -0.493 e. The standard InChI is InChI=1S/C21H19ClN2O4/c1-2-21(15-4-6-16(22)7-5-15)19(26)24(20(27)23-21)12-17(25)13-3-8-18-14(11-13)9-10-28-18/h3-8,11H,2,9-10,12H2,1H3,(H,23,27). The molecular weight excluding hydrogens is 380 g/mol. The zero-order valence-corrected chi connectivity index (χ0v) is 16.1. The number of carbonyl (C=O) groups excluding carboxylic acids is 3. The lowest BCUT2D eigenvalue weighted by Gasteiger charge is -2.25. The minimum absolute atomic E-state index is 0.291. The summed E-state index contributed by atoms with van der Waals surface area (Å²) in [5.74, 6) is 0.0562. The molecule has 0 spiro atoms. The number of nitrogens with zero attached hydrogens (tertiary/aromatic N) is 1. The van der Waals surface area contributed by atoms with Crippen molar-refractivity contribution in [1.82, 2.24) is 10.2 Å². The van der Waals surface area contributed by atoms with Crippen LogP contribution in [0.1, 0.15) is 34.8 Å². The van der Waals surface area contributed by atoms with Gasteiger partial charge in [-0.25, -0.2) is 4.79 Å². The summed E-state index contributed by atoms with van der Waals surface area (Å²) < 4.78 is 5.45. The summed E-state index contributed by atoms with van der Waals surface area (Å²) >= 11 is 5.94. The van der Waals surface area contributed by atoms with Crippen molar-refractivity contribution in [2.45, 2.75) is 25.3 Å². The van der Waals surface area contributed by atoms with Crippen LogP contribution in [0.5, 0.6) is 5.75 Å². The van der Waals surface area contributed by atoms with Gasteiger partial charge in [0.2, 0.25) is 0 Å². The Morgan fingerprint density at radius 3 is 2.68 bits per heavy atom. The molecule has 0 aliphatic carbocycles. The number of halogens is 1. The SMILES string of the molecule is CCC1(c2ccc(Cl)cc2)NC(=O)N(CC(=O)c2ccc3c(c2)CCO3)C1=O. The summed E-state index contributed by atoms with van der Waals surface area (Å²) in [6.07, 6.45) is 1.11. The molecule has 0 radical (unpaired) electrons. The van der Waals surface area contributed by atoms with Gasteiger partial charge in [0.1, 0.15) is 11.3 Å². The molecule has 3 amide bonds. The van der Waals surface area contributed by atoms with Crippen LogP contribution < -0.4 is 10.1 Å². The lowest BCUT2D eigenvalue weighted by molar-refractivity contribution is -0.131. The number of rotatable bonds is 5. The highest BCUT2D eigenvalue weighted by Crippen LogP contribution is 2.33. The average molecular weight is 399 g/mol. The topological polar surface area (TPSA) is 75.7 Å². The molecule has 1 N–H and O–H groups in total. The molecule has 0 bridgehead atoms. The molecule has 4 rings (SSSR count). The first-order valence-electron chi connectivity index (χ1n) is 9.13. The first-order valence-corrected chi connectivity index (χ1v) is 9.51. The molecule has 144 valence electrons. The Bertz CT molecular complexity index is 973. The van der Waals surface area contributed by atoms with Crippen molar-refractivity contribution in [3.8, 4) is 5.75 Å². The van der Waals surface area contributed by atoms with Crippen molar-refractivity contribution >= 4 is 29.3 Å². The fourth-order valence-electron chi connectivity index (χ4n) is 3.74. The molecular formula is C21H19ClN2O4. The van der Waals surface area contributed by atoms with E-state index in [2.05, 4.69) is 5.32 Å². The Labute approximate surface area is 167 Å². The second-order valence-electron chi connectivity index (χ2n) is 6.93. The Hall–Kier alpha value is -2.86. The molecule has 2 aliphatic heterocycles. The third-order valence-corrected chi connectivity index (χ3v) is 5.61. The number of carbonyl (C=O) groups is 3. The molecule has 0 saturated carbocycles. The van der Waals surface area contributed by atoms with E-state index >= 15 is 0 Å². The van der Waals surface area contributed by atoms with Crippen molar-refractivity contribution in [2.24, 2.45) is 0 Å². The summed E-state index contributed by atoms with van der Waals surface area (Å²) in [4.78, 5) is 39.4. The first-order chi connectivity index (χ1) is 13.4. The number of imide groups is 1. The molecule has 1 atom stereocenters. The highest BCUT2D eigenvalue weighted by Gasteiger charge is 2.51. The third-order valence-electron chi connectivity index (χ3n) is 5.36. The lowest BCUT2D eigenvalue weighted by Crippen LogP contribution is -2.43. The molecule has 2 aromatic carbocycles. The molecule has 28 heavy (non-hydrogen) atoms. The predicted octanol–water partition coefficient (Wildman–Crippen LogP) is 3.31. The lowest BCUT2D eigenvalue weighted by atomic mass is 9.87. The smallest absolute Gasteiger partial charge is 0.325 e. The number of benzene rings is 2. The average Bonchev–Trinajstić information content (AvgIpc) is 3.26. The van der Waals surface area contributed by atoms with Crippen LogP contribution in [0.4, 0.5) is 4.79 Å². The molecule has 2 aliphatic rings. The van der Waals surface area contributed by atoms with E-state index in [1.165, 1.54) is 0 Å². The zero-order valence-electron chi connectivity index (χ0n) is 15.3. The van der Waals surface area contributed by atoms with Crippen molar-refractivity contribution in [1.29, 1.82) is 0 Å². The second kappa shape index (κ2) is 6.95. The number of amides is 3. The van der Waals surface area contributed by atoms with Gasteiger partial charge in [0.05, 0.1) is 13.2 Å². The molecule has 1 unspecified atom stereocenters. The maximum absolute atomic E-state index is 13.1. The fourth-order valence-corrected chi connectivity index (χ4v) is 3.86. The van der Waals surface area contributed by atoms with Crippen molar-refractivity contribution in [3.05, 3.63) is 64.2 Å². The van der Waals surface area contributed by atoms with Gasteiger partial charge in [0.15, 0.2) is 5.78 Å². The highest BCUT2D eigenvalue weighted by molar-refractivity contribution is 6.30. The number of urea groups is 1. The molecule has 1 fully saturated rings. The van der Waals surface area contributed by atoms with Crippen LogP contribution in [-0.2, 0) is 16.8 Å². The van der Waals surface area contributed by atoms with Gasteiger partial charge in [0, 0.05) is 17.0 Å². The van der Waals surface area contributed by atoms with Gasteiger partial charge >= 0.3 is 6.03 Å². The van der Waals surface area contributed by atoms with Crippen LogP contribution in [0.3, 0.4) is 0 Å². The Balaban J connectivity index is 1.58. The van der Waals surface area contributed by atoms with E-state index in [1.54, 1.807) is 42.5 Å². The number of ketones is 1. The van der Waals surface area contributed by atoms with Gasteiger partial charge in [-0.1, -0.05) is 30.7 Å². The summed E-state index contributed by atoms with van der Waals surface area (Å²) in [7, 11) is 0. The van der Waals surface area contributed by atoms with Crippen LogP contribution in [-0.4, -0.2) is 35.8 Å². The van der Waals surface area contributed by atoms with Gasteiger partial charge in [-0.3, -0.25) is 14.5 Å². The van der Waals surface area contributed by atoms with Crippen molar-refractivity contribution in [3.63, 3.8) is 0 Å². The number of hydrogen-bond donors (Lipinski definition) is 1. The second-order valence-corrected chi connectivity index (χ2v) is 7.37. The number of ether oxygens (including phenoxy) is 1. The Kier molecular flexibility index (Phi) is 4.59. The fraction of sp³-hybridized carbons (Fsp3) is 0.286. The van der Waals surface area contributed by atoms with Crippen molar-refractivity contribution in [2.75, 3.05) is 13.2 Å². The number of hydrogen-bond acceptors (Lipinski definition) is 4. The van der Waals surface area contributed by atoms with Crippen LogP contribution in [0.2, 0.25) is 5.02 Å². The molecule has 7 heteroatoms. The number of Topliss-reactive ketones (excluding diaryl/α,β-unsaturated/α-hetero) is 1. The quantitative estimate of drug-likeness (QED) is 0.619. The van der Waals surface area contributed by atoms with Crippen LogP contribution >= 0.6 is 11.6 Å². The monoisotopic (exact) mass is 398 g/mol. The summed E-state index contributed by atoms with van der Waals surface area (Å²) in [5.41, 5.74) is 0.883. The van der Waals surface area contributed by atoms with Gasteiger partial charge in [-0.15, -0.1) is 0 Å². The van der Waals surface area contributed by atoms with E-state index in [0.29, 0.717) is 29.2 Å². The third kappa shape index (κ3) is 2.94. The van der Waals surface area contributed by atoms with E-state index in [1.807, 2.05) is 6.92 Å². The molecule has 0 aromatic heterocycles. The van der Waals surface area contributed by atoms with Crippen molar-refractivity contribution < 1.29 is 19.1 Å². The molecule has 2 heterocycles. The van der Waals surface area contributed by atoms with Crippen LogP contribution in [0, 0.1) is 0 Å². The molecule has 6 nitrogen and oxygen atoms in total. The van der Waals surface area contributed by atoms with E-state index in [4.69, 9.17) is 16.3 Å². The maximum Gasteiger partial charge on any atom is 0.325 e. The summed E-state index contributed by atoms with van der Waals surface area (Å²) in [6.45, 7) is 2.11. The minimum atomic E-state index is -1.19.